The first-order valence-electron chi connectivity index (χ1n) is 5.12. The maximum atomic E-state index is 13.1. The van der Waals surface area contributed by atoms with Crippen LogP contribution in [0.1, 0.15) is 6.42 Å². The first-order chi connectivity index (χ1) is 7.91. The normalized spacial score (nSPS) is 21.9. The van der Waals surface area contributed by atoms with Gasteiger partial charge in [-0.05, 0) is 40.5 Å². The van der Waals surface area contributed by atoms with E-state index < -0.39 is 15.8 Å². The van der Waals surface area contributed by atoms with Gasteiger partial charge in [0.15, 0.2) is 0 Å². The molecular formula is C10H12BrFN2O2S. The van der Waals surface area contributed by atoms with Crippen molar-refractivity contribution in [3.05, 3.63) is 28.5 Å². The third kappa shape index (κ3) is 2.52. The van der Waals surface area contributed by atoms with Crippen LogP contribution in [0.4, 0.5) is 4.39 Å². The highest BCUT2D eigenvalue weighted by molar-refractivity contribution is 9.10. The zero-order valence-corrected chi connectivity index (χ0v) is 11.3. The highest BCUT2D eigenvalue weighted by atomic mass is 79.9. The molecule has 17 heavy (non-hydrogen) atoms. The number of benzene rings is 1. The summed E-state index contributed by atoms with van der Waals surface area (Å²) in [7, 11) is -3.66. The van der Waals surface area contributed by atoms with Crippen molar-refractivity contribution in [3.63, 3.8) is 0 Å². The lowest BCUT2D eigenvalue weighted by Gasteiger charge is -2.16. The van der Waals surface area contributed by atoms with E-state index in [-0.39, 0.29) is 17.5 Å². The fraction of sp³-hybridized carbons (Fsp3) is 0.400. The Morgan fingerprint density at radius 2 is 2.18 bits per heavy atom. The van der Waals surface area contributed by atoms with Gasteiger partial charge < -0.3 is 5.73 Å². The summed E-state index contributed by atoms with van der Waals surface area (Å²) >= 11 is 3.12. The predicted molar refractivity (Wildman–Crippen MR) is 65.5 cm³/mol. The Bertz CT molecular complexity index is 535. The fourth-order valence-corrected chi connectivity index (χ4v) is 4.23. The minimum Gasteiger partial charge on any atom is -0.326 e. The van der Waals surface area contributed by atoms with E-state index >= 15 is 0 Å². The van der Waals surface area contributed by atoms with Gasteiger partial charge >= 0.3 is 0 Å². The topological polar surface area (TPSA) is 63.4 Å². The molecule has 1 aromatic rings. The van der Waals surface area contributed by atoms with Crippen molar-refractivity contribution < 1.29 is 12.8 Å². The van der Waals surface area contributed by atoms with Crippen molar-refractivity contribution in [2.45, 2.75) is 17.4 Å². The van der Waals surface area contributed by atoms with Gasteiger partial charge in [-0.25, -0.2) is 12.8 Å². The molecule has 1 aromatic carbocycles. The van der Waals surface area contributed by atoms with Crippen molar-refractivity contribution in [2.24, 2.45) is 5.73 Å². The smallest absolute Gasteiger partial charge is 0.244 e. The molecule has 0 aliphatic carbocycles. The average Bonchev–Trinajstić information content (AvgIpc) is 2.69. The number of rotatable bonds is 2. The first kappa shape index (κ1) is 12.9. The minimum absolute atomic E-state index is 0.0494. The van der Waals surface area contributed by atoms with Crippen LogP contribution in [0.3, 0.4) is 0 Å². The van der Waals surface area contributed by atoms with Crippen LogP contribution in [0, 0.1) is 5.82 Å². The van der Waals surface area contributed by atoms with Crippen LogP contribution in [-0.2, 0) is 10.0 Å². The SMILES string of the molecule is N[C@@H]1CCN(S(=O)(=O)c2cc(F)ccc2Br)C1. The summed E-state index contributed by atoms with van der Waals surface area (Å²) in [5.74, 6) is -0.574. The third-order valence-corrected chi connectivity index (χ3v) is 5.56. The molecule has 0 aromatic heterocycles. The molecular weight excluding hydrogens is 311 g/mol. The number of sulfonamides is 1. The van der Waals surface area contributed by atoms with Crippen LogP contribution < -0.4 is 5.73 Å². The first-order valence-corrected chi connectivity index (χ1v) is 7.35. The molecule has 1 atom stereocenters. The van der Waals surface area contributed by atoms with Crippen LogP contribution in [0.15, 0.2) is 27.6 Å². The quantitative estimate of drug-likeness (QED) is 0.893. The predicted octanol–water partition coefficient (Wildman–Crippen LogP) is 1.31. The summed E-state index contributed by atoms with van der Waals surface area (Å²) in [4.78, 5) is -0.0494. The van der Waals surface area contributed by atoms with E-state index in [0.717, 1.165) is 6.07 Å². The van der Waals surface area contributed by atoms with Crippen LogP contribution in [-0.4, -0.2) is 31.9 Å². The van der Waals surface area contributed by atoms with Crippen LogP contribution in [0.2, 0.25) is 0 Å². The second-order valence-corrected chi connectivity index (χ2v) is 6.75. The summed E-state index contributed by atoms with van der Waals surface area (Å²) in [6, 6.07) is 3.47. The molecule has 1 heterocycles. The molecule has 1 saturated heterocycles. The van der Waals surface area contributed by atoms with E-state index in [1.807, 2.05) is 0 Å². The van der Waals surface area contributed by atoms with Crippen molar-refractivity contribution in [1.29, 1.82) is 0 Å². The molecule has 2 N–H and O–H groups in total. The van der Waals surface area contributed by atoms with Gasteiger partial charge in [-0.3, -0.25) is 0 Å². The van der Waals surface area contributed by atoms with Crippen molar-refractivity contribution >= 4 is 26.0 Å². The Hall–Kier alpha value is -0.500. The zero-order chi connectivity index (χ0) is 12.6. The Balaban J connectivity index is 2.41. The maximum Gasteiger partial charge on any atom is 0.244 e. The molecule has 0 unspecified atom stereocenters. The van der Waals surface area contributed by atoms with E-state index in [2.05, 4.69) is 15.9 Å². The van der Waals surface area contributed by atoms with E-state index in [9.17, 15) is 12.8 Å². The monoisotopic (exact) mass is 322 g/mol. The van der Waals surface area contributed by atoms with Gasteiger partial charge in [-0.1, -0.05) is 0 Å². The Kier molecular flexibility index (Phi) is 3.53. The molecule has 1 aliphatic heterocycles. The Labute approximate surface area is 108 Å². The Morgan fingerprint density at radius 3 is 2.76 bits per heavy atom. The summed E-state index contributed by atoms with van der Waals surface area (Å²) in [6.45, 7) is 0.664. The Morgan fingerprint density at radius 1 is 1.47 bits per heavy atom. The van der Waals surface area contributed by atoms with E-state index in [1.54, 1.807) is 0 Å². The third-order valence-electron chi connectivity index (χ3n) is 2.70. The van der Waals surface area contributed by atoms with Gasteiger partial charge in [0.05, 0.1) is 4.90 Å². The number of halogens is 2. The molecule has 0 radical (unpaired) electrons. The molecule has 0 bridgehead atoms. The number of nitrogens with zero attached hydrogens (tertiary/aromatic N) is 1. The van der Waals surface area contributed by atoms with Crippen LogP contribution in [0.25, 0.3) is 0 Å². The largest absolute Gasteiger partial charge is 0.326 e. The molecule has 0 amide bonds. The lowest BCUT2D eigenvalue weighted by atomic mass is 10.3. The number of hydrogen-bond acceptors (Lipinski definition) is 3. The number of hydrogen-bond donors (Lipinski definition) is 1. The maximum absolute atomic E-state index is 13.1. The van der Waals surface area contributed by atoms with Crippen molar-refractivity contribution in [1.82, 2.24) is 4.31 Å². The van der Waals surface area contributed by atoms with Gasteiger partial charge in [-0.15, -0.1) is 0 Å². The standard InChI is InChI=1S/C10H12BrFN2O2S/c11-9-2-1-7(12)5-10(9)17(15,16)14-4-3-8(13)6-14/h1-2,5,8H,3-4,6,13H2/t8-/m1/s1. The van der Waals surface area contributed by atoms with E-state index in [0.29, 0.717) is 17.4 Å². The summed E-state index contributed by atoms with van der Waals surface area (Å²) < 4.78 is 39.2. The van der Waals surface area contributed by atoms with E-state index in [4.69, 9.17) is 5.73 Å². The second-order valence-electron chi connectivity index (χ2n) is 3.99. The summed E-state index contributed by atoms with van der Waals surface area (Å²) in [5.41, 5.74) is 5.68. The zero-order valence-electron chi connectivity index (χ0n) is 8.94. The van der Waals surface area contributed by atoms with Gasteiger partial charge in [0.2, 0.25) is 10.0 Å². The summed E-state index contributed by atoms with van der Waals surface area (Å²) in [5, 5.41) is 0. The molecule has 7 heteroatoms. The van der Waals surface area contributed by atoms with Crippen molar-refractivity contribution in [2.75, 3.05) is 13.1 Å². The molecule has 1 aliphatic rings. The van der Waals surface area contributed by atoms with Gasteiger partial charge in [0, 0.05) is 23.6 Å². The lowest BCUT2D eigenvalue weighted by molar-refractivity contribution is 0.471. The number of nitrogens with two attached hydrogens (primary N) is 1. The molecule has 4 nitrogen and oxygen atoms in total. The minimum atomic E-state index is -3.66. The van der Waals surface area contributed by atoms with E-state index in [1.165, 1.54) is 16.4 Å². The fourth-order valence-electron chi connectivity index (χ4n) is 1.79. The highest BCUT2D eigenvalue weighted by Gasteiger charge is 2.32. The van der Waals surface area contributed by atoms with Gasteiger partial charge in [0.25, 0.3) is 0 Å². The lowest BCUT2D eigenvalue weighted by Crippen LogP contribution is -2.32. The highest BCUT2D eigenvalue weighted by Crippen LogP contribution is 2.27. The van der Waals surface area contributed by atoms with Gasteiger partial charge in [-0.2, -0.15) is 4.31 Å². The van der Waals surface area contributed by atoms with Gasteiger partial charge in [0.1, 0.15) is 5.82 Å². The molecule has 2 rings (SSSR count). The second kappa shape index (κ2) is 4.64. The van der Waals surface area contributed by atoms with Crippen molar-refractivity contribution in [3.8, 4) is 0 Å². The molecule has 0 spiro atoms. The summed E-state index contributed by atoms with van der Waals surface area (Å²) in [6.07, 6.45) is 0.631. The van der Waals surface area contributed by atoms with Crippen LogP contribution >= 0.6 is 15.9 Å². The molecule has 1 fully saturated rings. The molecule has 0 saturated carbocycles. The average molecular weight is 323 g/mol. The molecule has 94 valence electrons. The van der Waals surface area contributed by atoms with Crippen LogP contribution in [0.5, 0.6) is 0 Å².